The molecule has 0 saturated carbocycles. The molecule has 0 unspecified atom stereocenters. The SMILES string of the molecule is Cc1cc(C(=O)O)ccc1NC(=O)/C=C/c1ccc(-c2cc(Cl)cc(Cl)c2)o1. The summed E-state index contributed by atoms with van der Waals surface area (Å²) in [5, 5.41) is 12.7. The summed E-state index contributed by atoms with van der Waals surface area (Å²) in [6.07, 6.45) is 2.87. The fourth-order valence-corrected chi connectivity index (χ4v) is 3.09. The molecule has 0 aliphatic rings. The smallest absolute Gasteiger partial charge is 0.335 e. The molecule has 0 fully saturated rings. The molecule has 1 aromatic heterocycles. The highest BCUT2D eigenvalue weighted by atomic mass is 35.5. The van der Waals surface area contributed by atoms with E-state index in [4.69, 9.17) is 32.7 Å². The first-order valence-corrected chi connectivity index (χ1v) is 8.97. The minimum absolute atomic E-state index is 0.162. The first-order chi connectivity index (χ1) is 13.3. The molecule has 0 radical (unpaired) electrons. The van der Waals surface area contributed by atoms with Crippen molar-refractivity contribution < 1.29 is 19.1 Å². The minimum atomic E-state index is -1.02. The van der Waals surface area contributed by atoms with Gasteiger partial charge in [-0.2, -0.15) is 0 Å². The van der Waals surface area contributed by atoms with E-state index in [0.717, 1.165) is 5.56 Å². The summed E-state index contributed by atoms with van der Waals surface area (Å²) in [5.41, 5.74) is 2.08. The number of amides is 1. The van der Waals surface area contributed by atoms with Gasteiger partial charge in [0.05, 0.1) is 5.56 Å². The number of furan rings is 1. The van der Waals surface area contributed by atoms with Gasteiger partial charge in [0.25, 0.3) is 0 Å². The van der Waals surface area contributed by atoms with Crippen molar-refractivity contribution in [1.29, 1.82) is 0 Å². The standard InChI is InChI=1S/C21H15Cl2NO4/c1-12-8-13(21(26)27)2-5-18(12)24-20(25)7-4-17-3-6-19(28-17)14-9-15(22)11-16(23)10-14/h2-11H,1H3,(H,24,25)(H,26,27)/b7-4+. The number of benzene rings is 2. The van der Waals surface area contributed by atoms with Crippen molar-refractivity contribution >= 4 is 46.8 Å². The number of rotatable bonds is 5. The second-order valence-electron chi connectivity index (χ2n) is 6.02. The molecule has 2 aromatic carbocycles. The van der Waals surface area contributed by atoms with Gasteiger partial charge in [-0.1, -0.05) is 23.2 Å². The van der Waals surface area contributed by atoms with Crippen LogP contribution < -0.4 is 5.32 Å². The molecule has 7 heteroatoms. The molecule has 28 heavy (non-hydrogen) atoms. The topological polar surface area (TPSA) is 79.5 Å². The zero-order valence-electron chi connectivity index (χ0n) is 14.7. The summed E-state index contributed by atoms with van der Waals surface area (Å²) in [6, 6.07) is 13.1. The molecule has 1 amide bonds. The van der Waals surface area contributed by atoms with E-state index < -0.39 is 5.97 Å². The van der Waals surface area contributed by atoms with Gasteiger partial charge in [0.15, 0.2) is 0 Å². The van der Waals surface area contributed by atoms with Gasteiger partial charge in [-0.15, -0.1) is 0 Å². The number of anilines is 1. The van der Waals surface area contributed by atoms with E-state index >= 15 is 0 Å². The van der Waals surface area contributed by atoms with Crippen molar-refractivity contribution in [2.24, 2.45) is 0 Å². The highest BCUT2D eigenvalue weighted by molar-refractivity contribution is 6.35. The van der Waals surface area contributed by atoms with Crippen molar-refractivity contribution in [3.8, 4) is 11.3 Å². The van der Waals surface area contributed by atoms with E-state index in [0.29, 0.717) is 32.8 Å². The Morgan fingerprint density at radius 3 is 2.39 bits per heavy atom. The lowest BCUT2D eigenvalue weighted by Crippen LogP contribution is -2.09. The first kappa shape index (κ1) is 19.7. The summed E-state index contributed by atoms with van der Waals surface area (Å²) < 4.78 is 5.70. The molecule has 0 aliphatic carbocycles. The molecule has 0 aliphatic heterocycles. The fourth-order valence-electron chi connectivity index (χ4n) is 2.56. The molecular formula is C21H15Cl2NO4. The van der Waals surface area contributed by atoms with E-state index in [-0.39, 0.29) is 11.5 Å². The number of carboxylic acids is 1. The summed E-state index contributed by atoms with van der Waals surface area (Å²) >= 11 is 12.0. The molecule has 3 rings (SSSR count). The minimum Gasteiger partial charge on any atom is -0.478 e. The Hall–Kier alpha value is -3.02. The van der Waals surface area contributed by atoms with Crippen LogP contribution in [0.3, 0.4) is 0 Å². The Balaban J connectivity index is 1.70. The van der Waals surface area contributed by atoms with Crippen LogP contribution in [0.1, 0.15) is 21.7 Å². The number of carbonyl (C=O) groups excluding carboxylic acids is 1. The van der Waals surface area contributed by atoms with Crippen molar-refractivity contribution in [3.63, 3.8) is 0 Å². The maximum Gasteiger partial charge on any atom is 0.335 e. The maximum atomic E-state index is 12.1. The molecule has 0 bridgehead atoms. The first-order valence-electron chi connectivity index (χ1n) is 8.21. The summed E-state index contributed by atoms with van der Waals surface area (Å²) in [4.78, 5) is 23.1. The number of aryl methyl sites for hydroxylation is 1. The Morgan fingerprint density at radius 2 is 1.75 bits per heavy atom. The Kier molecular flexibility index (Phi) is 5.87. The quantitative estimate of drug-likeness (QED) is 0.507. The predicted octanol–water partition coefficient (Wildman–Crippen LogP) is 5.91. The van der Waals surface area contributed by atoms with Crippen LogP contribution in [-0.4, -0.2) is 17.0 Å². The third-order valence-corrected chi connectivity index (χ3v) is 4.34. The molecule has 3 aromatic rings. The van der Waals surface area contributed by atoms with Crippen molar-refractivity contribution in [1.82, 2.24) is 0 Å². The fraction of sp³-hybridized carbons (Fsp3) is 0.0476. The van der Waals surface area contributed by atoms with Gasteiger partial charge in [-0.05, 0) is 67.1 Å². The molecular weight excluding hydrogens is 401 g/mol. The van der Waals surface area contributed by atoms with E-state index in [1.807, 2.05) is 0 Å². The zero-order chi connectivity index (χ0) is 20.3. The van der Waals surface area contributed by atoms with Gasteiger partial charge in [-0.3, -0.25) is 4.79 Å². The lowest BCUT2D eigenvalue weighted by atomic mass is 10.1. The molecule has 2 N–H and O–H groups in total. The van der Waals surface area contributed by atoms with Crippen molar-refractivity contribution in [2.45, 2.75) is 6.92 Å². The van der Waals surface area contributed by atoms with E-state index in [1.165, 1.54) is 24.3 Å². The second kappa shape index (κ2) is 8.33. The number of nitrogens with one attached hydrogen (secondary N) is 1. The Bertz CT molecular complexity index is 1070. The number of carbonyl (C=O) groups is 2. The number of hydrogen-bond donors (Lipinski definition) is 2. The van der Waals surface area contributed by atoms with Gasteiger partial charge in [0.2, 0.25) is 5.91 Å². The Morgan fingerprint density at radius 1 is 1.04 bits per heavy atom. The summed E-state index contributed by atoms with van der Waals surface area (Å²) in [6.45, 7) is 1.72. The van der Waals surface area contributed by atoms with Crippen LogP contribution in [0.15, 0.2) is 59.0 Å². The van der Waals surface area contributed by atoms with E-state index in [9.17, 15) is 9.59 Å². The van der Waals surface area contributed by atoms with Crippen LogP contribution in [0.2, 0.25) is 10.0 Å². The van der Waals surface area contributed by atoms with E-state index in [2.05, 4.69) is 5.32 Å². The van der Waals surface area contributed by atoms with Crippen LogP contribution in [0, 0.1) is 6.92 Å². The van der Waals surface area contributed by atoms with Gasteiger partial charge in [0.1, 0.15) is 11.5 Å². The number of hydrogen-bond acceptors (Lipinski definition) is 3. The normalized spacial score (nSPS) is 11.0. The van der Waals surface area contributed by atoms with Crippen LogP contribution in [0.25, 0.3) is 17.4 Å². The molecule has 0 spiro atoms. The number of halogens is 2. The average molecular weight is 416 g/mol. The summed E-state index contributed by atoms with van der Waals surface area (Å²) in [7, 11) is 0. The van der Waals surface area contributed by atoms with Crippen LogP contribution >= 0.6 is 23.2 Å². The largest absolute Gasteiger partial charge is 0.478 e. The molecule has 1 heterocycles. The summed E-state index contributed by atoms with van der Waals surface area (Å²) in [5.74, 6) is -0.325. The highest BCUT2D eigenvalue weighted by Gasteiger charge is 2.08. The van der Waals surface area contributed by atoms with Gasteiger partial charge >= 0.3 is 5.97 Å². The average Bonchev–Trinajstić information content (AvgIpc) is 3.10. The van der Waals surface area contributed by atoms with Gasteiger partial charge < -0.3 is 14.8 Å². The third-order valence-electron chi connectivity index (χ3n) is 3.90. The van der Waals surface area contributed by atoms with E-state index in [1.54, 1.807) is 43.3 Å². The molecule has 5 nitrogen and oxygen atoms in total. The molecule has 142 valence electrons. The lowest BCUT2D eigenvalue weighted by molar-refractivity contribution is -0.111. The molecule has 0 saturated heterocycles. The van der Waals surface area contributed by atoms with Crippen LogP contribution in [0.5, 0.6) is 0 Å². The lowest BCUT2D eigenvalue weighted by Gasteiger charge is -2.07. The molecule has 0 atom stereocenters. The maximum absolute atomic E-state index is 12.1. The number of carboxylic acid groups (broad SMARTS) is 1. The van der Waals surface area contributed by atoms with Crippen LogP contribution in [0.4, 0.5) is 5.69 Å². The Labute approximate surface area is 171 Å². The highest BCUT2D eigenvalue weighted by Crippen LogP contribution is 2.29. The zero-order valence-corrected chi connectivity index (χ0v) is 16.2. The second-order valence-corrected chi connectivity index (χ2v) is 6.89. The van der Waals surface area contributed by atoms with Gasteiger partial charge in [0, 0.05) is 27.4 Å². The third kappa shape index (κ3) is 4.82. The van der Waals surface area contributed by atoms with Crippen molar-refractivity contribution in [3.05, 3.63) is 81.5 Å². The van der Waals surface area contributed by atoms with Crippen LogP contribution in [-0.2, 0) is 4.79 Å². The monoisotopic (exact) mass is 415 g/mol. The van der Waals surface area contributed by atoms with Crippen molar-refractivity contribution in [2.75, 3.05) is 5.32 Å². The number of aromatic carboxylic acids is 1. The van der Waals surface area contributed by atoms with Gasteiger partial charge in [-0.25, -0.2) is 4.79 Å². The predicted molar refractivity (Wildman–Crippen MR) is 110 cm³/mol.